The van der Waals surface area contributed by atoms with Crippen LogP contribution in [-0.2, 0) is 16.0 Å². The van der Waals surface area contributed by atoms with E-state index in [-0.39, 0.29) is 17.3 Å². The second-order valence-corrected chi connectivity index (χ2v) is 10.7. The van der Waals surface area contributed by atoms with Gasteiger partial charge in [0.25, 0.3) is 0 Å². The number of carbonyl (C=O) groups excluding carboxylic acids is 2. The van der Waals surface area contributed by atoms with Crippen molar-refractivity contribution in [2.45, 2.75) is 99.8 Å². The fraction of sp³-hybridized carbons (Fsp3) is 0.567. The lowest BCUT2D eigenvalue weighted by Gasteiger charge is -2.23. The second-order valence-electron chi connectivity index (χ2n) is 10.7. The summed E-state index contributed by atoms with van der Waals surface area (Å²) in [5.41, 5.74) is -0.0563. The number of ether oxygens (including phenoxy) is 2. The lowest BCUT2D eigenvalue weighted by Crippen LogP contribution is -2.29. The molecule has 0 aliphatic rings. The van der Waals surface area contributed by atoms with Crippen LogP contribution < -0.4 is 9.47 Å². The van der Waals surface area contributed by atoms with Gasteiger partial charge in [0.15, 0.2) is 5.75 Å². The molecule has 190 valence electrons. The monoisotopic (exact) mass is 479 g/mol. The Balaban J connectivity index is 2.57. The molecule has 0 atom stereocenters. The molecule has 0 spiro atoms. The summed E-state index contributed by atoms with van der Waals surface area (Å²) in [5.74, 6) is -0.204. The molecule has 0 bridgehead atoms. The zero-order valence-corrected chi connectivity index (χ0v) is 22.5. The molecule has 0 N–H and O–H groups in total. The molecule has 2 rings (SSSR count). The summed E-state index contributed by atoms with van der Waals surface area (Å²) >= 11 is 0. The number of esters is 2. The molecule has 35 heavy (non-hydrogen) atoms. The molecule has 5 nitrogen and oxygen atoms in total. The highest BCUT2D eigenvalue weighted by Crippen LogP contribution is 2.39. The van der Waals surface area contributed by atoms with Crippen molar-refractivity contribution in [1.29, 1.82) is 5.26 Å². The van der Waals surface area contributed by atoms with Crippen LogP contribution in [-0.4, -0.2) is 11.9 Å². The van der Waals surface area contributed by atoms with Gasteiger partial charge in [0.1, 0.15) is 11.8 Å². The minimum absolute atomic E-state index is 0.169. The molecule has 0 unspecified atom stereocenters. The summed E-state index contributed by atoms with van der Waals surface area (Å²) in [4.78, 5) is 25.8. The van der Waals surface area contributed by atoms with Gasteiger partial charge in [-0.1, -0.05) is 58.6 Å². The van der Waals surface area contributed by atoms with E-state index in [9.17, 15) is 14.9 Å². The van der Waals surface area contributed by atoms with Crippen molar-refractivity contribution in [1.82, 2.24) is 0 Å². The minimum Gasteiger partial charge on any atom is -0.425 e. The molecular weight excluding hydrogens is 438 g/mol. The van der Waals surface area contributed by atoms with Crippen molar-refractivity contribution < 1.29 is 19.1 Å². The highest BCUT2D eigenvalue weighted by molar-refractivity contribution is 5.99. The van der Waals surface area contributed by atoms with Crippen LogP contribution >= 0.6 is 0 Å². The Morgan fingerprint density at radius 3 is 2.00 bits per heavy atom. The molecule has 0 amide bonds. The van der Waals surface area contributed by atoms with E-state index in [1.807, 2.05) is 59.7 Å². The van der Waals surface area contributed by atoms with Crippen molar-refractivity contribution in [3.05, 3.63) is 35.4 Å². The molecule has 0 fully saturated rings. The summed E-state index contributed by atoms with van der Waals surface area (Å²) in [6.07, 6.45) is 8.05. The summed E-state index contributed by atoms with van der Waals surface area (Å²) < 4.78 is 11.7. The molecule has 0 heterocycles. The zero-order valence-electron chi connectivity index (χ0n) is 22.5. The smallest absolute Gasteiger partial charge is 0.316 e. The van der Waals surface area contributed by atoms with Crippen molar-refractivity contribution >= 4 is 22.7 Å². The van der Waals surface area contributed by atoms with Gasteiger partial charge in [-0.3, -0.25) is 9.59 Å². The van der Waals surface area contributed by atoms with E-state index < -0.39 is 16.8 Å². The van der Waals surface area contributed by atoms with Crippen LogP contribution in [0.5, 0.6) is 11.5 Å². The van der Waals surface area contributed by atoms with Gasteiger partial charge in [-0.15, -0.1) is 0 Å². The Labute approximate surface area is 210 Å². The van der Waals surface area contributed by atoms with E-state index in [0.717, 1.165) is 18.4 Å². The normalized spacial score (nSPS) is 11.8. The maximum atomic E-state index is 12.9. The molecule has 0 aliphatic heterocycles. The molecule has 0 saturated carbocycles. The Hall–Kier alpha value is -2.87. The van der Waals surface area contributed by atoms with Crippen LogP contribution in [0.15, 0.2) is 24.3 Å². The van der Waals surface area contributed by atoms with E-state index in [1.165, 1.54) is 31.7 Å². The van der Waals surface area contributed by atoms with Gasteiger partial charge in [0.05, 0.1) is 16.4 Å². The molecule has 0 aliphatic carbocycles. The fourth-order valence-electron chi connectivity index (χ4n) is 3.54. The van der Waals surface area contributed by atoms with Gasteiger partial charge in [-0.25, -0.2) is 0 Å². The van der Waals surface area contributed by atoms with Gasteiger partial charge in [-0.2, -0.15) is 5.26 Å². The first-order chi connectivity index (χ1) is 16.5. The van der Waals surface area contributed by atoms with E-state index >= 15 is 0 Å². The van der Waals surface area contributed by atoms with Gasteiger partial charge < -0.3 is 9.47 Å². The summed E-state index contributed by atoms with van der Waals surface area (Å²) in [7, 11) is 0. The number of hydrogen-bond donors (Lipinski definition) is 0. The third-order valence-corrected chi connectivity index (χ3v) is 7.07. The average molecular weight is 480 g/mol. The van der Waals surface area contributed by atoms with E-state index in [1.54, 1.807) is 0 Å². The largest absolute Gasteiger partial charge is 0.425 e. The maximum Gasteiger partial charge on any atom is 0.316 e. The van der Waals surface area contributed by atoms with Crippen LogP contribution in [0.3, 0.4) is 0 Å². The van der Waals surface area contributed by atoms with Crippen LogP contribution in [0.2, 0.25) is 0 Å². The first-order valence-electron chi connectivity index (χ1n) is 12.9. The standard InChI is InChI=1S/C30H41NO4/c1-8-11-12-13-14-15-21-16-17-23-24(18-21)25(34-27(32)29(4,5)9-2)19-22(20-31)26(23)35-28(33)30(6,7)10-3/h16-19H,8-15H2,1-7H3. The SMILES string of the molecule is CCCCCCCc1ccc2c(OC(=O)C(C)(C)CC)c(C#N)cc(OC(=O)C(C)(C)CC)c2c1. The van der Waals surface area contributed by atoms with Crippen LogP contribution in [0.4, 0.5) is 0 Å². The predicted molar refractivity (Wildman–Crippen MR) is 141 cm³/mol. The Morgan fingerprint density at radius 1 is 0.829 bits per heavy atom. The van der Waals surface area contributed by atoms with Crippen molar-refractivity contribution in [2.75, 3.05) is 0 Å². The van der Waals surface area contributed by atoms with E-state index in [2.05, 4.69) is 13.0 Å². The van der Waals surface area contributed by atoms with Gasteiger partial charge in [0.2, 0.25) is 0 Å². The van der Waals surface area contributed by atoms with E-state index in [4.69, 9.17) is 9.47 Å². The highest BCUT2D eigenvalue weighted by Gasteiger charge is 2.31. The molecule has 5 heteroatoms. The molecule has 0 saturated heterocycles. The first kappa shape index (κ1) is 28.4. The van der Waals surface area contributed by atoms with E-state index in [0.29, 0.717) is 29.4 Å². The number of rotatable bonds is 12. The number of aryl methyl sites for hydroxylation is 1. The Kier molecular flexibility index (Phi) is 9.89. The maximum absolute atomic E-state index is 12.9. The highest BCUT2D eigenvalue weighted by atomic mass is 16.5. The summed E-state index contributed by atoms with van der Waals surface area (Å²) in [5, 5.41) is 11.1. The molecule has 2 aromatic rings. The number of carbonyl (C=O) groups is 2. The van der Waals surface area contributed by atoms with Crippen molar-refractivity contribution in [2.24, 2.45) is 10.8 Å². The lowest BCUT2D eigenvalue weighted by atomic mass is 9.90. The third kappa shape index (κ3) is 7.07. The van der Waals surface area contributed by atoms with Gasteiger partial charge in [0, 0.05) is 16.8 Å². The number of hydrogen-bond acceptors (Lipinski definition) is 5. The molecular formula is C30H41NO4. The number of fused-ring (bicyclic) bond motifs is 1. The summed E-state index contributed by atoms with van der Waals surface area (Å²) in [6.45, 7) is 13.4. The first-order valence-corrected chi connectivity index (χ1v) is 12.9. The van der Waals surface area contributed by atoms with Crippen LogP contribution in [0.25, 0.3) is 10.8 Å². The van der Waals surface area contributed by atoms with Gasteiger partial charge >= 0.3 is 11.9 Å². The van der Waals surface area contributed by atoms with Crippen molar-refractivity contribution in [3.63, 3.8) is 0 Å². The second kappa shape index (κ2) is 12.2. The van der Waals surface area contributed by atoms with Crippen molar-refractivity contribution in [3.8, 4) is 17.6 Å². The molecule has 0 radical (unpaired) electrons. The minimum atomic E-state index is -0.687. The third-order valence-electron chi connectivity index (χ3n) is 7.07. The summed E-state index contributed by atoms with van der Waals surface area (Å²) in [6, 6.07) is 9.54. The Bertz CT molecular complexity index is 1090. The van der Waals surface area contributed by atoms with Crippen LogP contribution in [0, 0.1) is 22.2 Å². The number of unbranched alkanes of at least 4 members (excludes halogenated alkanes) is 4. The topological polar surface area (TPSA) is 76.4 Å². The average Bonchev–Trinajstić information content (AvgIpc) is 2.84. The zero-order chi connectivity index (χ0) is 26.2. The lowest BCUT2D eigenvalue weighted by molar-refractivity contribution is -0.145. The number of benzene rings is 2. The molecule has 2 aromatic carbocycles. The predicted octanol–water partition coefficient (Wildman–Crippen LogP) is 7.91. The van der Waals surface area contributed by atoms with Crippen LogP contribution in [0.1, 0.15) is 105 Å². The number of nitrogens with zero attached hydrogens (tertiary/aromatic N) is 1. The molecule has 0 aromatic heterocycles. The quantitative estimate of drug-likeness (QED) is 0.176. The Morgan fingerprint density at radius 2 is 1.43 bits per heavy atom. The number of nitriles is 1. The fourth-order valence-corrected chi connectivity index (χ4v) is 3.54. The van der Waals surface area contributed by atoms with Gasteiger partial charge in [-0.05, 0) is 65.0 Å².